The minimum atomic E-state index is -1.59. The second kappa shape index (κ2) is 11.7. The molecule has 0 aliphatic rings. The van der Waals surface area contributed by atoms with Gasteiger partial charge in [-0.3, -0.25) is 4.52 Å². The molecule has 186 valence electrons. The number of rotatable bonds is 5. The van der Waals surface area contributed by atoms with Crippen molar-refractivity contribution in [2.75, 3.05) is 7.11 Å². The summed E-state index contributed by atoms with van der Waals surface area (Å²) in [5.41, 5.74) is 4.77. The molecule has 2 aromatic carbocycles. The van der Waals surface area contributed by atoms with Gasteiger partial charge in [-0.2, -0.15) is 0 Å². The monoisotopic (exact) mass is 474 g/mol. The first-order valence-corrected chi connectivity index (χ1v) is 13.1. The van der Waals surface area contributed by atoms with Crippen molar-refractivity contribution in [2.24, 2.45) is 0 Å². The van der Waals surface area contributed by atoms with Gasteiger partial charge in [-0.15, -0.1) is 0 Å². The van der Waals surface area contributed by atoms with Gasteiger partial charge < -0.3 is 9.05 Å². The highest BCUT2D eigenvalue weighted by molar-refractivity contribution is 7.42. The lowest BCUT2D eigenvalue weighted by Gasteiger charge is -2.28. The van der Waals surface area contributed by atoms with E-state index in [2.05, 4.69) is 113 Å². The van der Waals surface area contributed by atoms with Gasteiger partial charge in [0.25, 0.3) is 0 Å². The van der Waals surface area contributed by atoms with Crippen LogP contribution < -0.4 is 9.05 Å². The first kappa shape index (κ1) is 29.5. The maximum atomic E-state index is 6.31. The molecule has 0 heterocycles. The average Bonchev–Trinajstić information content (AvgIpc) is 2.67. The van der Waals surface area contributed by atoms with E-state index in [0.29, 0.717) is 0 Å². The Kier molecular flexibility index (Phi) is 10.5. The van der Waals surface area contributed by atoms with Crippen LogP contribution in [0.2, 0.25) is 0 Å². The van der Waals surface area contributed by atoms with E-state index in [9.17, 15) is 0 Å². The van der Waals surface area contributed by atoms with Crippen LogP contribution in [0.25, 0.3) is 0 Å². The number of hydrogen-bond donors (Lipinski definition) is 0. The van der Waals surface area contributed by atoms with Crippen molar-refractivity contribution in [3.8, 4) is 11.5 Å². The van der Waals surface area contributed by atoms with E-state index >= 15 is 0 Å². The molecule has 0 aliphatic carbocycles. The summed E-state index contributed by atoms with van der Waals surface area (Å²) >= 11 is 0. The molecule has 2 aromatic rings. The lowest BCUT2D eigenvalue weighted by atomic mass is 9.80. The molecular formula is C29H47O3P. The maximum Gasteiger partial charge on any atom is 0.462 e. The summed E-state index contributed by atoms with van der Waals surface area (Å²) in [6, 6.07) is 12.7. The Bertz CT molecular complexity index is 883. The van der Waals surface area contributed by atoms with Crippen LogP contribution >= 0.6 is 8.60 Å². The van der Waals surface area contributed by atoms with Gasteiger partial charge in [0.05, 0.1) is 0 Å². The van der Waals surface area contributed by atoms with E-state index in [-0.39, 0.29) is 16.2 Å². The summed E-state index contributed by atoms with van der Waals surface area (Å²) in [4.78, 5) is 0. The first-order chi connectivity index (χ1) is 15.0. The average molecular weight is 475 g/mol. The molecule has 0 fully saturated rings. The second-order valence-corrected chi connectivity index (χ2v) is 12.9. The minimum Gasteiger partial charge on any atom is -0.417 e. The number of benzene rings is 2. The van der Waals surface area contributed by atoms with Gasteiger partial charge in [0.2, 0.25) is 0 Å². The normalized spacial score (nSPS) is 13.1. The Morgan fingerprint density at radius 1 is 0.667 bits per heavy atom. The Labute approximate surface area is 205 Å². The van der Waals surface area contributed by atoms with Crippen LogP contribution in [0.15, 0.2) is 36.4 Å². The van der Waals surface area contributed by atoms with E-state index in [0.717, 1.165) is 22.6 Å². The molecule has 0 aromatic heterocycles. The number of hydrogen-bond acceptors (Lipinski definition) is 3. The zero-order chi connectivity index (χ0) is 25.6. The van der Waals surface area contributed by atoms with Crippen LogP contribution in [0.5, 0.6) is 11.5 Å². The van der Waals surface area contributed by atoms with Crippen molar-refractivity contribution in [2.45, 2.75) is 106 Å². The Morgan fingerprint density at radius 2 is 1.09 bits per heavy atom. The molecule has 0 saturated carbocycles. The molecule has 0 N–H and O–H groups in total. The molecule has 4 heteroatoms. The fourth-order valence-electron chi connectivity index (χ4n) is 3.23. The highest BCUT2D eigenvalue weighted by atomic mass is 31.2. The topological polar surface area (TPSA) is 27.7 Å². The molecule has 0 saturated heterocycles. The second-order valence-electron chi connectivity index (χ2n) is 11.8. The minimum absolute atomic E-state index is 0.0406. The van der Waals surface area contributed by atoms with E-state index in [4.69, 9.17) is 13.6 Å². The lowest BCUT2D eigenvalue weighted by molar-refractivity contribution is 0.317. The van der Waals surface area contributed by atoms with Gasteiger partial charge in [-0.1, -0.05) is 112 Å². The Hall–Kier alpha value is -1.57. The molecule has 33 heavy (non-hydrogen) atoms. The third kappa shape index (κ3) is 8.95. The highest BCUT2D eigenvalue weighted by Crippen LogP contribution is 2.47. The summed E-state index contributed by atoms with van der Waals surface area (Å²) in [5, 5.41) is 0. The van der Waals surface area contributed by atoms with Gasteiger partial charge in [-0.25, -0.2) is 0 Å². The Balaban J connectivity index is 0.00000172. The molecule has 1 unspecified atom stereocenters. The van der Waals surface area contributed by atoms with E-state index < -0.39 is 8.60 Å². The van der Waals surface area contributed by atoms with Crippen LogP contribution in [0.3, 0.4) is 0 Å². The van der Waals surface area contributed by atoms with Crippen LogP contribution in [0, 0.1) is 6.92 Å². The number of aryl methyl sites for hydroxylation is 1. The third-order valence-corrected chi connectivity index (χ3v) is 6.08. The smallest absolute Gasteiger partial charge is 0.417 e. The highest BCUT2D eigenvalue weighted by Gasteiger charge is 2.27. The third-order valence-electron chi connectivity index (χ3n) is 5.09. The van der Waals surface area contributed by atoms with Crippen molar-refractivity contribution < 1.29 is 13.6 Å². The largest absolute Gasteiger partial charge is 0.462 e. The first-order valence-electron chi connectivity index (χ1n) is 12.0. The fourth-order valence-corrected chi connectivity index (χ4v) is 4.05. The van der Waals surface area contributed by atoms with Crippen molar-refractivity contribution in [3.05, 3.63) is 58.7 Å². The molecular weight excluding hydrogens is 427 g/mol. The van der Waals surface area contributed by atoms with Gasteiger partial charge in [0.15, 0.2) is 0 Å². The summed E-state index contributed by atoms with van der Waals surface area (Å²) in [6.07, 6.45) is 1.25. The van der Waals surface area contributed by atoms with Crippen LogP contribution in [-0.4, -0.2) is 7.11 Å². The van der Waals surface area contributed by atoms with Crippen LogP contribution in [-0.2, 0) is 20.8 Å². The zero-order valence-electron chi connectivity index (χ0n) is 23.3. The summed E-state index contributed by atoms with van der Waals surface area (Å²) < 4.78 is 18.2. The lowest BCUT2D eigenvalue weighted by Crippen LogP contribution is -2.17. The predicted molar refractivity (Wildman–Crippen MR) is 145 cm³/mol. The van der Waals surface area contributed by atoms with Crippen LogP contribution in [0.1, 0.15) is 105 Å². The van der Waals surface area contributed by atoms with E-state index in [1.165, 1.54) is 17.5 Å². The fraction of sp³-hybridized carbons (Fsp3) is 0.586. The van der Waals surface area contributed by atoms with E-state index in [1.54, 1.807) is 7.11 Å². The zero-order valence-corrected chi connectivity index (χ0v) is 24.2. The van der Waals surface area contributed by atoms with Gasteiger partial charge in [-0.05, 0) is 40.9 Å². The summed E-state index contributed by atoms with van der Waals surface area (Å²) in [6.45, 7) is 26.2. The van der Waals surface area contributed by atoms with Gasteiger partial charge in [0.1, 0.15) is 11.5 Å². The summed E-state index contributed by atoms with van der Waals surface area (Å²) in [5.74, 6) is 1.62. The van der Waals surface area contributed by atoms with Crippen molar-refractivity contribution in [3.63, 3.8) is 0 Å². The molecule has 0 bridgehead atoms. The van der Waals surface area contributed by atoms with E-state index in [1.807, 2.05) is 6.07 Å². The van der Waals surface area contributed by atoms with Gasteiger partial charge in [0, 0.05) is 18.2 Å². The molecule has 0 radical (unpaired) electrons. The molecule has 0 spiro atoms. The maximum absolute atomic E-state index is 6.31. The molecule has 1 atom stereocenters. The molecule has 0 amide bonds. The van der Waals surface area contributed by atoms with Crippen molar-refractivity contribution >= 4 is 8.60 Å². The SMILES string of the molecule is CCC.COP(Oc1ccc(C)cc1C(C)(C)C)Oc1ccc(C(C)(C)C)cc1C(C)(C)C. The van der Waals surface area contributed by atoms with Crippen molar-refractivity contribution in [1.29, 1.82) is 0 Å². The standard InChI is InChI=1S/C26H39O3P.C3H8/c1-18-12-14-22(20(16-18)25(5,6)7)28-30(27-11)29-23-15-13-19(24(2,3)4)17-21(23)26(8,9)10;1-3-2/h12-17H,1-11H3;3H2,1-2H3. The quantitative estimate of drug-likeness (QED) is 0.404. The predicted octanol–water partition coefficient (Wildman–Crippen LogP) is 9.63. The molecule has 0 aliphatic heterocycles. The van der Waals surface area contributed by atoms with Crippen LogP contribution in [0.4, 0.5) is 0 Å². The Morgan fingerprint density at radius 3 is 1.48 bits per heavy atom. The van der Waals surface area contributed by atoms with Gasteiger partial charge >= 0.3 is 8.60 Å². The van der Waals surface area contributed by atoms with Crippen molar-refractivity contribution in [1.82, 2.24) is 0 Å². The molecule has 2 rings (SSSR count). The molecule has 3 nitrogen and oxygen atoms in total. The summed E-state index contributed by atoms with van der Waals surface area (Å²) in [7, 11) is 0.0507.